The quantitative estimate of drug-likeness (QED) is 0.575. The molecule has 0 aliphatic heterocycles. The second-order valence-corrected chi connectivity index (χ2v) is 8.14. The highest BCUT2D eigenvalue weighted by Gasteiger charge is 2.25. The predicted octanol–water partition coefficient (Wildman–Crippen LogP) is 3.58. The number of nitrogens with one attached hydrogen (secondary N) is 2. The lowest BCUT2D eigenvalue weighted by Gasteiger charge is -2.16. The van der Waals surface area contributed by atoms with Crippen LogP contribution in [-0.4, -0.2) is 45.9 Å². The molecule has 0 aliphatic rings. The SMILES string of the molecule is COC(=O)CCC(=O)Nc1ccc(-c2nc3c(Cl)c(C(C)(C)C)[nH]n3n2)c(OC)c1. The Kier molecular flexibility index (Phi) is 6.02. The summed E-state index contributed by atoms with van der Waals surface area (Å²) in [4.78, 5) is 27.7. The zero-order valence-corrected chi connectivity index (χ0v) is 18.3. The number of ether oxygens (including phenoxy) is 2. The largest absolute Gasteiger partial charge is 0.496 e. The first-order valence-electron chi connectivity index (χ1n) is 9.34. The Labute approximate surface area is 178 Å². The standard InChI is InChI=1S/C20H24ClN5O4/c1-20(2,3)17-16(21)19-23-18(25-26(19)24-17)12-7-6-11(10-13(12)29-4)22-14(27)8-9-15(28)30-5/h6-7,10,24H,8-9H2,1-5H3,(H,22,27). The van der Waals surface area contributed by atoms with E-state index in [1.54, 1.807) is 22.8 Å². The van der Waals surface area contributed by atoms with Gasteiger partial charge in [0.2, 0.25) is 5.91 Å². The number of hydrogen-bond acceptors (Lipinski definition) is 6. The number of amides is 1. The number of carbonyl (C=O) groups excluding carboxylic acids is 2. The number of esters is 1. The first-order chi connectivity index (χ1) is 14.1. The second kappa shape index (κ2) is 8.35. The monoisotopic (exact) mass is 433 g/mol. The third-order valence-electron chi connectivity index (χ3n) is 4.50. The van der Waals surface area contributed by atoms with Gasteiger partial charge in [-0.2, -0.15) is 4.63 Å². The fraction of sp³-hybridized carbons (Fsp3) is 0.400. The Morgan fingerprint density at radius 3 is 2.57 bits per heavy atom. The molecule has 0 bridgehead atoms. The molecular formula is C20H24ClN5O4. The normalized spacial score (nSPS) is 11.5. The smallest absolute Gasteiger partial charge is 0.306 e. The van der Waals surface area contributed by atoms with Crippen LogP contribution in [0.5, 0.6) is 5.75 Å². The molecule has 3 rings (SSSR count). The molecule has 3 aromatic rings. The van der Waals surface area contributed by atoms with Gasteiger partial charge in [0.05, 0.1) is 31.9 Å². The maximum Gasteiger partial charge on any atom is 0.306 e. The third kappa shape index (κ3) is 4.40. The average Bonchev–Trinajstić information content (AvgIpc) is 3.25. The molecule has 9 nitrogen and oxygen atoms in total. The van der Waals surface area contributed by atoms with Crippen molar-refractivity contribution in [3.8, 4) is 17.1 Å². The Morgan fingerprint density at radius 2 is 1.97 bits per heavy atom. The number of nitrogens with zero attached hydrogens (tertiary/aromatic N) is 3. The maximum atomic E-state index is 12.0. The van der Waals surface area contributed by atoms with Crippen LogP contribution in [0.3, 0.4) is 0 Å². The van der Waals surface area contributed by atoms with E-state index >= 15 is 0 Å². The van der Waals surface area contributed by atoms with E-state index in [0.29, 0.717) is 33.5 Å². The van der Waals surface area contributed by atoms with Crippen LogP contribution >= 0.6 is 11.6 Å². The fourth-order valence-corrected chi connectivity index (χ4v) is 3.35. The predicted molar refractivity (Wildman–Crippen MR) is 113 cm³/mol. The van der Waals surface area contributed by atoms with Gasteiger partial charge < -0.3 is 14.8 Å². The van der Waals surface area contributed by atoms with Crippen molar-refractivity contribution < 1.29 is 19.1 Å². The van der Waals surface area contributed by atoms with Crippen LogP contribution in [0.1, 0.15) is 39.3 Å². The number of fused-ring (bicyclic) bond motifs is 1. The van der Waals surface area contributed by atoms with E-state index in [2.05, 4.69) is 25.2 Å². The van der Waals surface area contributed by atoms with Crippen LogP contribution in [0, 0.1) is 0 Å². The number of carbonyl (C=O) groups is 2. The summed E-state index contributed by atoms with van der Waals surface area (Å²) in [6, 6.07) is 5.14. The summed E-state index contributed by atoms with van der Waals surface area (Å²) in [5.74, 6) is 0.184. The number of hydrogen-bond donors (Lipinski definition) is 2. The highest BCUT2D eigenvalue weighted by Crippen LogP contribution is 2.34. The lowest BCUT2D eigenvalue weighted by atomic mass is 9.92. The molecule has 10 heteroatoms. The molecule has 2 aromatic heterocycles. The molecule has 1 aromatic carbocycles. The molecule has 2 heterocycles. The van der Waals surface area contributed by atoms with Gasteiger partial charge in [0, 0.05) is 23.6 Å². The molecule has 0 saturated heterocycles. The van der Waals surface area contributed by atoms with Crippen molar-refractivity contribution in [3.63, 3.8) is 0 Å². The number of aromatic amines is 1. The minimum absolute atomic E-state index is 0.0134. The highest BCUT2D eigenvalue weighted by molar-refractivity contribution is 6.34. The van der Waals surface area contributed by atoms with Gasteiger partial charge in [0.15, 0.2) is 11.5 Å². The van der Waals surface area contributed by atoms with E-state index in [4.69, 9.17) is 16.3 Å². The number of H-pyrrole nitrogens is 1. The summed E-state index contributed by atoms with van der Waals surface area (Å²) in [6.07, 6.45) is 0.0399. The summed E-state index contributed by atoms with van der Waals surface area (Å²) in [7, 11) is 2.81. The lowest BCUT2D eigenvalue weighted by Crippen LogP contribution is -2.14. The van der Waals surface area contributed by atoms with E-state index < -0.39 is 5.97 Å². The average molecular weight is 434 g/mol. The summed E-state index contributed by atoms with van der Waals surface area (Å²) in [5.41, 5.74) is 2.38. The molecule has 0 radical (unpaired) electrons. The van der Waals surface area contributed by atoms with Crippen LogP contribution in [0.2, 0.25) is 5.02 Å². The van der Waals surface area contributed by atoms with E-state index in [-0.39, 0.29) is 24.2 Å². The molecule has 160 valence electrons. The molecule has 0 unspecified atom stereocenters. The minimum Gasteiger partial charge on any atom is -0.496 e. The number of methoxy groups -OCH3 is 2. The number of rotatable bonds is 6. The van der Waals surface area contributed by atoms with Gasteiger partial charge in [-0.25, -0.2) is 4.98 Å². The van der Waals surface area contributed by atoms with Crippen molar-refractivity contribution >= 4 is 34.8 Å². The van der Waals surface area contributed by atoms with E-state index in [1.807, 2.05) is 20.8 Å². The van der Waals surface area contributed by atoms with Crippen molar-refractivity contribution in [2.24, 2.45) is 0 Å². The van der Waals surface area contributed by atoms with Gasteiger partial charge in [-0.3, -0.25) is 14.7 Å². The number of benzene rings is 1. The van der Waals surface area contributed by atoms with E-state index in [1.165, 1.54) is 14.2 Å². The first-order valence-corrected chi connectivity index (χ1v) is 9.71. The highest BCUT2D eigenvalue weighted by atomic mass is 35.5. The van der Waals surface area contributed by atoms with Crippen LogP contribution < -0.4 is 10.1 Å². The second-order valence-electron chi connectivity index (χ2n) is 7.76. The third-order valence-corrected chi connectivity index (χ3v) is 4.86. The van der Waals surface area contributed by atoms with Gasteiger partial charge in [-0.05, 0) is 12.1 Å². The molecule has 0 fully saturated rings. The maximum absolute atomic E-state index is 12.0. The van der Waals surface area contributed by atoms with Crippen molar-refractivity contribution in [2.75, 3.05) is 19.5 Å². The number of anilines is 1. The van der Waals surface area contributed by atoms with Crippen LogP contribution in [0.4, 0.5) is 5.69 Å². The van der Waals surface area contributed by atoms with Crippen molar-refractivity contribution in [1.29, 1.82) is 0 Å². The van der Waals surface area contributed by atoms with Gasteiger partial charge >= 0.3 is 5.97 Å². The summed E-state index contributed by atoms with van der Waals surface area (Å²) in [6.45, 7) is 6.14. The molecule has 1 amide bonds. The molecule has 30 heavy (non-hydrogen) atoms. The van der Waals surface area contributed by atoms with E-state index in [9.17, 15) is 9.59 Å². The number of halogens is 1. The molecule has 0 aliphatic carbocycles. The zero-order valence-electron chi connectivity index (χ0n) is 17.5. The van der Waals surface area contributed by atoms with Crippen LogP contribution in [-0.2, 0) is 19.7 Å². The lowest BCUT2D eigenvalue weighted by molar-refractivity contribution is -0.141. The van der Waals surface area contributed by atoms with Crippen molar-refractivity contribution in [2.45, 2.75) is 39.0 Å². The molecule has 2 N–H and O–H groups in total. The van der Waals surface area contributed by atoms with Crippen molar-refractivity contribution in [3.05, 3.63) is 28.9 Å². The Balaban J connectivity index is 1.84. The van der Waals surface area contributed by atoms with Gasteiger partial charge in [-0.1, -0.05) is 32.4 Å². The van der Waals surface area contributed by atoms with E-state index in [0.717, 1.165) is 5.69 Å². The van der Waals surface area contributed by atoms with Crippen LogP contribution in [0.25, 0.3) is 17.0 Å². The Bertz CT molecular complexity index is 1100. The molecule has 0 atom stereocenters. The van der Waals surface area contributed by atoms with Gasteiger partial charge in [0.1, 0.15) is 10.8 Å². The zero-order chi connectivity index (χ0) is 22.1. The fourth-order valence-electron chi connectivity index (χ4n) is 2.90. The van der Waals surface area contributed by atoms with Crippen LogP contribution in [0.15, 0.2) is 18.2 Å². The first kappa shape index (κ1) is 21.6. The van der Waals surface area contributed by atoms with Crippen molar-refractivity contribution in [1.82, 2.24) is 19.8 Å². The van der Waals surface area contributed by atoms with Gasteiger partial charge in [-0.15, -0.1) is 5.10 Å². The number of aromatic nitrogens is 4. The molecule has 0 spiro atoms. The summed E-state index contributed by atoms with van der Waals surface area (Å²) < 4.78 is 11.5. The minimum atomic E-state index is -0.437. The molecule has 0 saturated carbocycles. The molecular weight excluding hydrogens is 410 g/mol. The summed E-state index contributed by atoms with van der Waals surface area (Å²) in [5, 5.41) is 10.9. The topological polar surface area (TPSA) is 111 Å². The Morgan fingerprint density at radius 1 is 1.23 bits per heavy atom. The summed E-state index contributed by atoms with van der Waals surface area (Å²) >= 11 is 6.49. The Hall–Kier alpha value is -3.07. The van der Waals surface area contributed by atoms with Gasteiger partial charge in [0.25, 0.3) is 0 Å².